The maximum atomic E-state index is 13.6. The van der Waals surface area contributed by atoms with E-state index in [4.69, 9.17) is 19.7 Å². The lowest BCUT2D eigenvalue weighted by atomic mass is 9.46. The van der Waals surface area contributed by atoms with Crippen molar-refractivity contribution in [3.8, 4) is 0 Å². The summed E-state index contributed by atoms with van der Waals surface area (Å²) in [6, 6.07) is -0.628. The Labute approximate surface area is 268 Å². The van der Waals surface area contributed by atoms with Crippen molar-refractivity contribution in [1.29, 1.82) is 0 Å². The van der Waals surface area contributed by atoms with Crippen LogP contribution in [0, 0.1) is 47.3 Å². The van der Waals surface area contributed by atoms with Gasteiger partial charge in [-0.3, -0.25) is 23.9 Å². The highest BCUT2D eigenvalue weighted by molar-refractivity contribution is 5.72. The van der Waals surface area contributed by atoms with E-state index >= 15 is 0 Å². The molecule has 0 spiro atoms. The van der Waals surface area contributed by atoms with Crippen molar-refractivity contribution >= 4 is 11.9 Å². The number of hydrogen-bond acceptors (Lipinski definition) is 8. The standard InChI is InChI=1S/C34H47N5O7/c1-18-16-39(32(43)36-30(18)41)29-15-27(37-38-35)28(46-29)17-44-31(42)19(2)24-8-9-25-23-7-6-21-14-22(45-20(3)40)10-12-33(21,4)26(23)11-13-34(24,25)5/h14,16,19,22-29H,6-13,15,17H2,1-5H3,(H,36,41,43)/t19-,22?,23-,24+,25-,26-,27-,28+,29+,33-,34+/m0/s1. The summed E-state index contributed by atoms with van der Waals surface area (Å²) in [5, 5.41) is 3.86. The van der Waals surface area contributed by atoms with Crippen LogP contribution in [-0.4, -0.2) is 46.3 Å². The molecule has 1 saturated heterocycles. The average Bonchev–Trinajstić information content (AvgIpc) is 3.57. The first-order valence-electron chi connectivity index (χ1n) is 16.9. The number of azide groups is 1. The molecule has 1 N–H and O–H groups in total. The molecule has 1 aromatic heterocycles. The second-order valence-electron chi connectivity index (χ2n) is 15.0. The van der Waals surface area contributed by atoms with Gasteiger partial charge in [-0.15, -0.1) is 0 Å². The fourth-order valence-electron chi connectivity index (χ4n) is 10.3. The van der Waals surface area contributed by atoms with Crippen LogP contribution in [0.4, 0.5) is 0 Å². The SMILES string of the molecule is CC(=O)OC1C=C2CC[C@H]3[C@@H]4CC[C@H]([C@H](C)C(=O)OC[C@H]5O[C@@H](n6cc(C)c(=O)[nH]c6=O)C[C@@H]5N=[N+]=[N-])[C@@]4(C)CC[C@@H]3[C@@]2(C)CC1. The van der Waals surface area contributed by atoms with E-state index in [0.29, 0.717) is 23.3 Å². The maximum Gasteiger partial charge on any atom is 0.330 e. The van der Waals surface area contributed by atoms with Gasteiger partial charge < -0.3 is 14.2 Å². The van der Waals surface area contributed by atoms with Gasteiger partial charge in [-0.25, -0.2) is 4.79 Å². The number of allylic oxidation sites excluding steroid dienone is 1. The third-order valence-electron chi connectivity index (χ3n) is 12.7. The number of H-pyrrole nitrogens is 1. The van der Waals surface area contributed by atoms with Crippen molar-refractivity contribution in [2.45, 2.75) is 117 Å². The fourth-order valence-corrected chi connectivity index (χ4v) is 10.3. The van der Waals surface area contributed by atoms with Gasteiger partial charge in [-0.2, -0.15) is 0 Å². The molecule has 0 radical (unpaired) electrons. The molecular weight excluding hydrogens is 590 g/mol. The first-order chi connectivity index (χ1) is 21.9. The summed E-state index contributed by atoms with van der Waals surface area (Å²) < 4.78 is 18.8. The lowest BCUT2D eigenvalue weighted by Crippen LogP contribution is -2.51. The largest absolute Gasteiger partial charge is 0.463 e. The monoisotopic (exact) mass is 637 g/mol. The average molecular weight is 638 g/mol. The number of aryl methyl sites for hydroxylation is 1. The predicted molar refractivity (Wildman–Crippen MR) is 168 cm³/mol. The number of aromatic nitrogens is 2. The molecule has 0 bridgehead atoms. The smallest absolute Gasteiger partial charge is 0.330 e. The molecule has 4 aliphatic carbocycles. The number of esters is 2. The zero-order valence-electron chi connectivity index (χ0n) is 27.6. The molecule has 11 atom stereocenters. The summed E-state index contributed by atoms with van der Waals surface area (Å²) in [7, 11) is 0. The molecule has 1 aromatic rings. The molecule has 0 aromatic carbocycles. The van der Waals surface area contributed by atoms with E-state index in [0.717, 1.165) is 51.4 Å². The van der Waals surface area contributed by atoms with Crippen LogP contribution in [0.3, 0.4) is 0 Å². The highest BCUT2D eigenvalue weighted by Gasteiger charge is 2.60. The normalized spacial score (nSPS) is 38.8. The highest BCUT2D eigenvalue weighted by atomic mass is 16.6. The Balaban J connectivity index is 1.10. The van der Waals surface area contributed by atoms with Crippen LogP contribution in [0.15, 0.2) is 32.5 Å². The zero-order valence-corrected chi connectivity index (χ0v) is 27.6. The first kappa shape index (κ1) is 32.6. The third kappa shape index (κ3) is 5.61. The number of carbonyl (C=O) groups excluding carboxylic acids is 2. The molecule has 46 heavy (non-hydrogen) atoms. The zero-order chi connectivity index (χ0) is 33.0. The third-order valence-corrected chi connectivity index (χ3v) is 12.7. The lowest BCUT2D eigenvalue weighted by molar-refractivity contribution is -0.158. The van der Waals surface area contributed by atoms with Gasteiger partial charge in [0.05, 0.1) is 12.0 Å². The number of fused-ring (bicyclic) bond motifs is 5. The molecule has 1 aliphatic heterocycles. The number of carbonyl (C=O) groups is 2. The first-order valence-corrected chi connectivity index (χ1v) is 16.9. The maximum absolute atomic E-state index is 13.6. The van der Waals surface area contributed by atoms with Crippen molar-refractivity contribution in [2.75, 3.05) is 6.61 Å². The highest BCUT2D eigenvalue weighted by Crippen LogP contribution is 2.67. The Hall–Kier alpha value is -3.37. The van der Waals surface area contributed by atoms with Crippen LogP contribution < -0.4 is 11.2 Å². The van der Waals surface area contributed by atoms with E-state index in [1.54, 1.807) is 6.92 Å². The van der Waals surface area contributed by atoms with Crippen LogP contribution >= 0.6 is 0 Å². The van der Waals surface area contributed by atoms with E-state index < -0.39 is 29.6 Å². The van der Waals surface area contributed by atoms with Crippen molar-refractivity contribution in [3.05, 3.63) is 54.7 Å². The van der Waals surface area contributed by atoms with E-state index in [1.807, 2.05) is 6.92 Å². The van der Waals surface area contributed by atoms with Crippen LogP contribution in [0.1, 0.15) is 97.3 Å². The molecule has 4 fully saturated rings. The summed E-state index contributed by atoms with van der Waals surface area (Å²) in [6.07, 6.45) is 10.8. The van der Waals surface area contributed by atoms with Crippen LogP contribution in [0.5, 0.6) is 0 Å². The topological polar surface area (TPSA) is 165 Å². The van der Waals surface area contributed by atoms with E-state index in [9.17, 15) is 19.2 Å². The number of ether oxygens (including phenoxy) is 3. The molecule has 2 heterocycles. The molecule has 0 amide bonds. The summed E-state index contributed by atoms with van der Waals surface area (Å²) >= 11 is 0. The minimum atomic E-state index is -0.756. The van der Waals surface area contributed by atoms with Crippen LogP contribution in [0.2, 0.25) is 0 Å². The van der Waals surface area contributed by atoms with Crippen molar-refractivity contribution in [1.82, 2.24) is 9.55 Å². The summed E-state index contributed by atoms with van der Waals surface area (Å²) in [5.41, 5.74) is 10.1. The van der Waals surface area contributed by atoms with Crippen LogP contribution in [-0.2, 0) is 23.8 Å². The number of rotatable bonds is 7. The summed E-state index contributed by atoms with van der Waals surface area (Å²) in [6.45, 7) is 9.81. The number of nitrogens with one attached hydrogen (secondary N) is 1. The molecule has 12 heteroatoms. The number of nitrogens with zero attached hydrogens (tertiary/aromatic N) is 4. The Morgan fingerprint density at radius 2 is 1.96 bits per heavy atom. The quantitative estimate of drug-likeness (QED) is 0.135. The Morgan fingerprint density at radius 3 is 2.70 bits per heavy atom. The molecule has 12 nitrogen and oxygen atoms in total. The van der Waals surface area contributed by atoms with Gasteiger partial charge in [0, 0.05) is 30.0 Å². The Bertz CT molecular complexity index is 1580. The van der Waals surface area contributed by atoms with Crippen LogP contribution in [0.25, 0.3) is 10.4 Å². The lowest BCUT2D eigenvalue weighted by Gasteiger charge is -2.59. The van der Waals surface area contributed by atoms with Gasteiger partial charge in [0.15, 0.2) is 0 Å². The number of aromatic amines is 1. The Morgan fingerprint density at radius 1 is 1.17 bits per heavy atom. The molecule has 6 rings (SSSR count). The summed E-state index contributed by atoms with van der Waals surface area (Å²) in [5.74, 6) is 1.21. The van der Waals surface area contributed by atoms with E-state index in [-0.39, 0.29) is 53.7 Å². The van der Waals surface area contributed by atoms with Gasteiger partial charge in [0.25, 0.3) is 5.56 Å². The minimum absolute atomic E-state index is 0.0535. The second kappa shape index (κ2) is 12.3. The van der Waals surface area contributed by atoms with Gasteiger partial charge in [-0.05, 0) is 104 Å². The predicted octanol–water partition coefficient (Wildman–Crippen LogP) is 5.50. The molecule has 250 valence electrons. The van der Waals surface area contributed by atoms with Crippen molar-refractivity contribution in [2.24, 2.45) is 45.5 Å². The van der Waals surface area contributed by atoms with Crippen molar-refractivity contribution in [3.63, 3.8) is 0 Å². The van der Waals surface area contributed by atoms with Gasteiger partial charge in [0.2, 0.25) is 0 Å². The molecule has 3 saturated carbocycles. The molecule has 5 aliphatic rings. The van der Waals surface area contributed by atoms with E-state index in [1.165, 1.54) is 23.3 Å². The van der Waals surface area contributed by atoms with Gasteiger partial charge in [-0.1, -0.05) is 31.5 Å². The van der Waals surface area contributed by atoms with E-state index in [2.05, 4.69) is 34.9 Å². The minimum Gasteiger partial charge on any atom is -0.463 e. The van der Waals surface area contributed by atoms with Gasteiger partial charge >= 0.3 is 17.6 Å². The van der Waals surface area contributed by atoms with Crippen molar-refractivity contribution < 1.29 is 23.8 Å². The van der Waals surface area contributed by atoms with Gasteiger partial charge in [0.1, 0.15) is 25.0 Å². The summed E-state index contributed by atoms with van der Waals surface area (Å²) in [4.78, 5) is 54.6. The Kier molecular flexibility index (Phi) is 8.74. The fraction of sp³-hybridized carbons (Fsp3) is 0.765. The molecular formula is C34H47N5O7. The second-order valence-corrected chi connectivity index (χ2v) is 15.0. The number of hydrogen-bond donors (Lipinski definition) is 1. The molecule has 1 unspecified atom stereocenters.